The van der Waals surface area contributed by atoms with Gasteiger partial charge in [-0.25, -0.2) is 4.79 Å². The molecule has 0 saturated carbocycles. The molecule has 0 aliphatic carbocycles. The highest BCUT2D eigenvalue weighted by molar-refractivity contribution is 5.74. The molecule has 0 radical (unpaired) electrons. The predicted octanol–water partition coefficient (Wildman–Crippen LogP) is 2.94. The summed E-state index contributed by atoms with van der Waals surface area (Å²) >= 11 is 0. The lowest BCUT2D eigenvalue weighted by atomic mass is 10.1. The predicted molar refractivity (Wildman–Crippen MR) is 99.4 cm³/mol. The summed E-state index contributed by atoms with van der Waals surface area (Å²) in [7, 11) is 3.25. The van der Waals surface area contributed by atoms with Crippen LogP contribution in [0.3, 0.4) is 0 Å². The molecule has 2 N–H and O–H groups in total. The van der Waals surface area contributed by atoms with Gasteiger partial charge in [0.15, 0.2) is 0 Å². The number of likely N-dealkylation sites (tertiary alicyclic amines) is 1. The molecule has 0 aromatic heterocycles. The summed E-state index contributed by atoms with van der Waals surface area (Å²) < 4.78 is 10.6. The number of unbranched alkanes of at least 4 members (excludes halogenated alkanes) is 1. The number of nitrogens with one attached hydrogen (secondary N) is 2. The van der Waals surface area contributed by atoms with Crippen LogP contribution in [0.4, 0.5) is 4.79 Å². The van der Waals surface area contributed by atoms with Crippen molar-refractivity contribution in [2.75, 3.05) is 40.4 Å². The number of ether oxygens (including phenoxy) is 2. The molecule has 140 valence electrons. The molecule has 1 saturated heterocycles. The van der Waals surface area contributed by atoms with Gasteiger partial charge >= 0.3 is 6.03 Å². The highest BCUT2D eigenvalue weighted by atomic mass is 16.5. The molecule has 1 fully saturated rings. The third-order valence-corrected chi connectivity index (χ3v) is 4.64. The van der Waals surface area contributed by atoms with Crippen LogP contribution in [0, 0.1) is 0 Å². The second-order valence-electron chi connectivity index (χ2n) is 6.49. The smallest absolute Gasteiger partial charge is 0.315 e. The number of benzene rings is 1. The highest BCUT2D eigenvalue weighted by Gasteiger charge is 2.15. The maximum absolute atomic E-state index is 12.1. The lowest BCUT2D eigenvalue weighted by Crippen LogP contribution is -2.37. The van der Waals surface area contributed by atoms with Gasteiger partial charge in [-0.3, -0.25) is 0 Å². The first-order valence-corrected chi connectivity index (χ1v) is 9.12. The first kappa shape index (κ1) is 19.4. The van der Waals surface area contributed by atoms with E-state index in [1.807, 2.05) is 25.1 Å². The van der Waals surface area contributed by atoms with Crippen LogP contribution in [0.15, 0.2) is 18.2 Å². The number of amides is 2. The average molecular weight is 349 g/mol. The third kappa shape index (κ3) is 6.12. The van der Waals surface area contributed by atoms with Crippen molar-refractivity contribution in [3.8, 4) is 11.5 Å². The van der Waals surface area contributed by atoms with Crippen LogP contribution in [0.1, 0.15) is 44.2 Å². The second kappa shape index (κ2) is 10.1. The fourth-order valence-corrected chi connectivity index (χ4v) is 3.17. The van der Waals surface area contributed by atoms with E-state index in [1.165, 1.54) is 25.9 Å². The molecule has 2 rings (SSSR count). The molecular weight excluding hydrogens is 318 g/mol. The van der Waals surface area contributed by atoms with Crippen molar-refractivity contribution in [2.45, 2.75) is 38.6 Å². The van der Waals surface area contributed by atoms with E-state index in [1.54, 1.807) is 14.2 Å². The topological polar surface area (TPSA) is 62.8 Å². The number of hydrogen-bond acceptors (Lipinski definition) is 4. The van der Waals surface area contributed by atoms with Gasteiger partial charge in [0.05, 0.1) is 20.3 Å². The number of rotatable bonds is 9. The largest absolute Gasteiger partial charge is 0.497 e. The van der Waals surface area contributed by atoms with Gasteiger partial charge in [-0.15, -0.1) is 0 Å². The van der Waals surface area contributed by atoms with E-state index in [4.69, 9.17) is 9.47 Å². The standard InChI is InChI=1S/C19H31N3O3/c1-15(17-14-16(24-2)8-9-18(17)25-3)21-19(23)20-10-4-5-11-22-12-6-7-13-22/h8-9,14-15H,4-7,10-13H2,1-3H3,(H2,20,21,23). The van der Waals surface area contributed by atoms with Crippen LogP contribution in [0.2, 0.25) is 0 Å². The Labute approximate surface area is 150 Å². The SMILES string of the molecule is COc1ccc(OC)c(C(C)NC(=O)NCCCCN2CCCC2)c1. The summed E-state index contributed by atoms with van der Waals surface area (Å²) in [5, 5.41) is 5.89. The van der Waals surface area contributed by atoms with Gasteiger partial charge in [0.1, 0.15) is 11.5 Å². The molecule has 6 heteroatoms. The van der Waals surface area contributed by atoms with Gasteiger partial charge < -0.3 is 25.0 Å². The number of nitrogens with zero attached hydrogens (tertiary/aromatic N) is 1. The van der Waals surface area contributed by atoms with E-state index < -0.39 is 0 Å². The molecule has 25 heavy (non-hydrogen) atoms. The molecule has 1 aromatic carbocycles. The zero-order valence-electron chi connectivity index (χ0n) is 15.6. The van der Waals surface area contributed by atoms with Crippen molar-refractivity contribution in [3.63, 3.8) is 0 Å². The van der Waals surface area contributed by atoms with E-state index in [9.17, 15) is 4.79 Å². The fraction of sp³-hybridized carbons (Fsp3) is 0.632. The van der Waals surface area contributed by atoms with Crippen molar-refractivity contribution < 1.29 is 14.3 Å². The van der Waals surface area contributed by atoms with Crippen LogP contribution >= 0.6 is 0 Å². The van der Waals surface area contributed by atoms with Crippen molar-refractivity contribution >= 4 is 6.03 Å². The number of urea groups is 1. The minimum atomic E-state index is -0.172. The number of carbonyl (C=O) groups excluding carboxylic acids is 1. The van der Waals surface area contributed by atoms with Gasteiger partial charge in [0, 0.05) is 12.1 Å². The van der Waals surface area contributed by atoms with E-state index in [0.29, 0.717) is 6.54 Å². The van der Waals surface area contributed by atoms with Crippen LogP contribution in [0.5, 0.6) is 11.5 Å². The third-order valence-electron chi connectivity index (χ3n) is 4.64. The number of methoxy groups -OCH3 is 2. The van der Waals surface area contributed by atoms with E-state index in [-0.39, 0.29) is 12.1 Å². The molecule has 0 bridgehead atoms. The normalized spacial score (nSPS) is 15.6. The average Bonchev–Trinajstić information content (AvgIpc) is 3.14. The number of hydrogen-bond donors (Lipinski definition) is 2. The lowest BCUT2D eigenvalue weighted by molar-refractivity contribution is 0.237. The van der Waals surface area contributed by atoms with Gasteiger partial charge in [-0.2, -0.15) is 0 Å². The van der Waals surface area contributed by atoms with Crippen molar-refractivity contribution in [1.82, 2.24) is 15.5 Å². The number of carbonyl (C=O) groups is 1. The van der Waals surface area contributed by atoms with Gasteiger partial charge in [-0.05, 0) is 70.4 Å². The second-order valence-corrected chi connectivity index (χ2v) is 6.49. The Hall–Kier alpha value is -1.95. The molecule has 0 spiro atoms. The fourth-order valence-electron chi connectivity index (χ4n) is 3.17. The van der Waals surface area contributed by atoms with E-state index in [0.717, 1.165) is 36.4 Å². The molecular formula is C19H31N3O3. The lowest BCUT2D eigenvalue weighted by Gasteiger charge is -2.19. The molecule has 1 aliphatic rings. The van der Waals surface area contributed by atoms with Crippen LogP contribution in [-0.2, 0) is 0 Å². The first-order chi connectivity index (χ1) is 12.1. The van der Waals surface area contributed by atoms with Gasteiger partial charge in [-0.1, -0.05) is 0 Å². The Bertz CT molecular complexity index is 545. The van der Waals surface area contributed by atoms with Crippen molar-refractivity contribution in [3.05, 3.63) is 23.8 Å². The molecule has 2 amide bonds. The summed E-state index contributed by atoms with van der Waals surface area (Å²) in [5.41, 5.74) is 0.894. The summed E-state index contributed by atoms with van der Waals surface area (Å²) in [6.07, 6.45) is 4.78. The van der Waals surface area contributed by atoms with Gasteiger partial charge in [0.25, 0.3) is 0 Å². The Kier molecular flexibility index (Phi) is 7.85. The van der Waals surface area contributed by atoms with Crippen LogP contribution in [-0.4, -0.2) is 51.3 Å². The Morgan fingerprint density at radius 3 is 2.64 bits per heavy atom. The molecule has 6 nitrogen and oxygen atoms in total. The molecule has 1 aromatic rings. The minimum Gasteiger partial charge on any atom is -0.497 e. The minimum absolute atomic E-state index is 0.154. The van der Waals surface area contributed by atoms with Crippen LogP contribution in [0.25, 0.3) is 0 Å². The van der Waals surface area contributed by atoms with Crippen LogP contribution < -0.4 is 20.1 Å². The summed E-state index contributed by atoms with van der Waals surface area (Å²) in [6.45, 7) is 6.23. The summed E-state index contributed by atoms with van der Waals surface area (Å²) in [4.78, 5) is 14.6. The van der Waals surface area contributed by atoms with E-state index >= 15 is 0 Å². The zero-order valence-corrected chi connectivity index (χ0v) is 15.6. The zero-order chi connectivity index (χ0) is 18.1. The van der Waals surface area contributed by atoms with Crippen molar-refractivity contribution in [2.24, 2.45) is 0 Å². The monoisotopic (exact) mass is 349 g/mol. The first-order valence-electron chi connectivity index (χ1n) is 9.12. The Morgan fingerprint density at radius 2 is 1.96 bits per heavy atom. The van der Waals surface area contributed by atoms with E-state index in [2.05, 4.69) is 15.5 Å². The quantitative estimate of drug-likeness (QED) is 0.673. The summed E-state index contributed by atoms with van der Waals surface area (Å²) in [6, 6.07) is 5.26. The maximum atomic E-state index is 12.1. The molecule has 1 heterocycles. The molecule has 1 atom stereocenters. The van der Waals surface area contributed by atoms with Crippen molar-refractivity contribution in [1.29, 1.82) is 0 Å². The molecule has 1 unspecified atom stereocenters. The maximum Gasteiger partial charge on any atom is 0.315 e. The Morgan fingerprint density at radius 1 is 1.20 bits per heavy atom. The highest BCUT2D eigenvalue weighted by Crippen LogP contribution is 2.29. The molecule has 1 aliphatic heterocycles. The Balaban J connectivity index is 1.72. The summed E-state index contributed by atoms with van der Waals surface area (Å²) in [5.74, 6) is 1.48. The van der Waals surface area contributed by atoms with Gasteiger partial charge in [0.2, 0.25) is 0 Å².